The number of hydrogen-bond acceptors (Lipinski definition) is 4. The van der Waals surface area contributed by atoms with Crippen molar-refractivity contribution < 1.29 is 19.1 Å². The number of carbonyl (C=O) groups excluding carboxylic acids is 2. The fourth-order valence-electron chi connectivity index (χ4n) is 2.90. The summed E-state index contributed by atoms with van der Waals surface area (Å²) >= 11 is 0. The molecule has 1 fully saturated rings. The Kier molecular flexibility index (Phi) is 6.44. The second-order valence-electron chi connectivity index (χ2n) is 6.33. The summed E-state index contributed by atoms with van der Waals surface area (Å²) in [5, 5.41) is 5.58. The molecule has 2 N–H and O–H groups in total. The van der Waals surface area contributed by atoms with Crippen molar-refractivity contribution in [2.45, 2.75) is 25.9 Å². The fraction of sp³-hybridized carbons (Fsp3) is 0.333. The molecule has 0 bridgehead atoms. The maximum absolute atomic E-state index is 12.7. The number of hydrogen-bond donors (Lipinski definition) is 2. The summed E-state index contributed by atoms with van der Waals surface area (Å²) < 4.78 is 11.4. The number of carbonyl (C=O) groups is 2. The zero-order valence-corrected chi connectivity index (χ0v) is 15.4. The van der Waals surface area contributed by atoms with Crippen molar-refractivity contribution in [3.63, 3.8) is 0 Å². The van der Waals surface area contributed by atoms with Gasteiger partial charge < -0.3 is 20.1 Å². The number of ether oxygens (including phenoxy) is 2. The van der Waals surface area contributed by atoms with E-state index in [4.69, 9.17) is 9.47 Å². The van der Waals surface area contributed by atoms with Gasteiger partial charge in [0.2, 0.25) is 0 Å². The summed E-state index contributed by atoms with van der Waals surface area (Å²) in [6.07, 6.45) is 2.11. The number of anilines is 1. The Morgan fingerprint density at radius 2 is 1.89 bits per heavy atom. The van der Waals surface area contributed by atoms with Crippen LogP contribution in [-0.4, -0.2) is 37.7 Å². The molecule has 6 nitrogen and oxygen atoms in total. The maximum atomic E-state index is 12.7. The van der Waals surface area contributed by atoms with Crippen LogP contribution in [0.4, 0.5) is 5.69 Å². The lowest BCUT2D eigenvalue weighted by molar-refractivity contribution is 0.0673. The third kappa shape index (κ3) is 5.08. The molecule has 0 aromatic heterocycles. The fourth-order valence-corrected chi connectivity index (χ4v) is 2.90. The molecule has 27 heavy (non-hydrogen) atoms. The zero-order valence-electron chi connectivity index (χ0n) is 15.4. The van der Waals surface area contributed by atoms with Gasteiger partial charge >= 0.3 is 0 Å². The SMILES string of the molecule is CCNC(=O)c1ccc(NC(=O)c2ccccc2OCC2CCCO2)cc1. The van der Waals surface area contributed by atoms with E-state index in [1.54, 1.807) is 42.5 Å². The van der Waals surface area contributed by atoms with Crippen LogP contribution in [0.2, 0.25) is 0 Å². The Bertz CT molecular complexity index is 783. The minimum absolute atomic E-state index is 0.0860. The molecule has 2 aromatic rings. The number of amides is 2. The summed E-state index contributed by atoms with van der Waals surface area (Å²) in [5.41, 5.74) is 1.63. The molecule has 0 radical (unpaired) electrons. The third-order valence-electron chi connectivity index (χ3n) is 4.32. The average molecular weight is 368 g/mol. The Hall–Kier alpha value is -2.86. The minimum Gasteiger partial charge on any atom is -0.490 e. The molecule has 1 unspecified atom stereocenters. The Morgan fingerprint density at radius 1 is 1.11 bits per heavy atom. The summed E-state index contributed by atoms with van der Waals surface area (Å²) in [4.78, 5) is 24.5. The van der Waals surface area contributed by atoms with Gasteiger partial charge in [-0.1, -0.05) is 12.1 Å². The predicted octanol–water partition coefficient (Wildman–Crippen LogP) is 3.25. The summed E-state index contributed by atoms with van der Waals surface area (Å²) in [5.74, 6) is 0.136. The van der Waals surface area contributed by atoms with Gasteiger partial charge in [-0.25, -0.2) is 0 Å². The van der Waals surface area contributed by atoms with Gasteiger partial charge in [-0.2, -0.15) is 0 Å². The molecule has 0 saturated carbocycles. The molecule has 6 heteroatoms. The molecule has 0 spiro atoms. The second-order valence-corrected chi connectivity index (χ2v) is 6.33. The first-order valence-corrected chi connectivity index (χ1v) is 9.20. The van der Waals surface area contributed by atoms with Crippen molar-refractivity contribution in [1.82, 2.24) is 5.32 Å². The lowest BCUT2D eigenvalue weighted by atomic mass is 10.1. The normalized spacial score (nSPS) is 16.0. The van der Waals surface area contributed by atoms with Crippen molar-refractivity contribution in [3.8, 4) is 5.75 Å². The van der Waals surface area contributed by atoms with Gasteiger partial charge in [0.15, 0.2) is 0 Å². The van der Waals surface area contributed by atoms with Gasteiger partial charge in [-0.3, -0.25) is 9.59 Å². The minimum atomic E-state index is -0.260. The van der Waals surface area contributed by atoms with Crippen molar-refractivity contribution >= 4 is 17.5 Å². The van der Waals surface area contributed by atoms with Gasteiger partial charge in [0.25, 0.3) is 11.8 Å². The van der Waals surface area contributed by atoms with Gasteiger partial charge in [0, 0.05) is 24.4 Å². The lowest BCUT2D eigenvalue weighted by Gasteiger charge is -2.14. The molecular formula is C21H24N2O4. The van der Waals surface area contributed by atoms with Crippen LogP contribution in [0.1, 0.15) is 40.5 Å². The van der Waals surface area contributed by atoms with Crippen LogP contribution in [0, 0.1) is 0 Å². The smallest absolute Gasteiger partial charge is 0.259 e. The van der Waals surface area contributed by atoms with E-state index in [1.807, 2.05) is 13.0 Å². The quantitative estimate of drug-likeness (QED) is 0.787. The second kappa shape index (κ2) is 9.19. The molecule has 1 aliphatic rings. The highest BCUT2D eigenvalue weighted by molar-refractivity contribution is 6.06. The van der Waals surface area contributed by atoms with E-state index < -0.39 is 0 Å². The van der Waals surface area contributed by atoms with Crippen molar-refractivity contribution in [3.05, 3.63) is 59.7 Å². The molecule has 0 aliphatic carbocycles. The number of benzene rings is 2. The van der Waals surface area contributed by atoms with Crippen LogP contribution in [0.25, 0.3) is 0 Å². The monoisotopic (exact) mass is 368 g/mol. The summed E-state index contributed by atoms with van der Waals surface area (Å²) in [6, 6.07) is 13.9. The Morgan fingerprint density at radius 3 is 2.59 bits per heavy atom. The molecule has 1 heterocycles. The molecule has 2 amide bonds. The van der Waals surface area contributed by atoms with Crippen LogP contribution in [0.15, 0.2) is 48.5 Å². The van der Waals surface area contributed by atoms with Gasteiger partial charge in [-0.05, 0) is 56.2 Å². The van der Waals surface area contributed by atoms with Gasteiger partial charge in [0.1, 0.15) is 12.4 Å². The zero-order chi connectivity index (χ0) is 19.1. The Balaban J connectivity index is 1.64. The Labute approximate surface area is 158 Å². The van der Waals surface area contributed by atoms with E-state index in [9.17, 15) is 9.59 Å². The molecule has 1 atom stereocenters. The first-order valence-electron chi connectivity index (χ1n) is 9.20. The van der Waals surface area contributed by atoms with E-state index in [0.29, 0.717) is 35.7 Å². The highest BCUT2D eigenvalue weighted by Gasteiger charge is 2.18. The van der Waals surface area contributed by atoms with Crippen LogP contribution in [-0.2, 0) is 4.74 Å². The van der Waals surface area contributed by atoms with E-state index in [-0.39, 0.29) is 17.9 Å². The molecule has 142 valence electrons. The van der Waals surface area contributed by atoms with E-state index in [2.05, 4.69) is 10.6 Å². The molecule has 1 saturated heterocycles. The number of para-hydroxylation sites is 1. The van der Waals surface area contributed by atoms with E-state index in [0.717, 1.165) is 19.4 Å². The maximum Gasteiger partial charge on any atom is 0.259 e. The van der Waals surface area contributed by atoms with E-state index in [1.165, 1.54) is 0 Å². The lowest BCUT2D eigenvalue weighted by Crippen LogP contribution is -2.22. The molecule has 2 aromatic carbocycles. The third-order valence-corrected chi connectivity index (χ3v) is 4.32. The number of rotatable bonds is 7. The van der Waals surface area contributed by atoms with Crippen molar-refractivity contribution in [1.29, 1.82) is 0 Å². The topological polar surface area (TPSA) is 76.7 Å². The standard InChI is InChI=1S/C21H24N2O4/c1-2-22-20(24)15-9-11-16(12-10-15)23-21(25)18-7-3-4-8-19(18)27-14-17-6-5-13-26-17/h3-4,7-12,17H,2,5-6,13-14H2,1H3,(H,22,24)(H,23,25). The summed E-state index contributed by atoms with van der Waals surface area (Å²) in [7, 11) is 0. The van der Waals surface area contributed by atoms with Crippen LogP contribution in [0.3, 0.4) is 0 Å². The van der Waals surface area contributed by atoms with Crippen molar-refractivity contribution in [2.24, 2.45) is 0 Å². The molecule has 3 rings (SSSR count). The van der Waals surface area contributed by atoms with Gasteiger partial charge in [-0.15, -0.1) is 0 Å². The van der Waals surface area contributed by atoms with Crippen molar-refractivity contribution in [2.75, 3.05) is 25.1 Å². The van der Waals surface area contributed by atoms with Crippen LogP contribution in [0.5, 0.6) is 5.75 Å². The predicted molar refractivity (Wildman–Crippen MR) is 103 cm³/mol. The van der Waals surface area contributed by atoms with E-state index >= 15 is 0 Å². The molecular weight excluding hydrogens is 344 g/mol. The first kappa shape index (κ1) is 18.9. The highest BCUT2D eigenvalue weighted by atomic mass is 16.5. The number of nitrogens with one attached hydrogen (secondary N) is 2. The molecule has 1 aliphatic heterocycles. The highest BCUT2D eigenvalue weighted by Crippen LogP contribution is 2.22. The average Bonchev–Trinajstić information content (AvgIpc) is 3.21. The summed E-state index contributed by atoms with van der Waals surface area (Å²) in [6.45, 7) is 3.64. The van der Waals surface area contributed by atoms with Crippen LogP contribution < -0.4 is 15.4 Å². The van der Waals surface area contributed by atoms with Crippen LogP contribution >= 0.6 is 0 Å². The largest absolute Gasteiger partial charge is 0.490 e. The van der Waals surface area contributed by atoms with Gasteiger partial charge in [0.05, 0.1) is 11.7 Å². The first-order chi connectivity index (χ1) is 13.2.